The first-order valence-electron chi connectivity index (χ1n) is 10.3. The van der Waals surface area contributed by atoms with Crippen molar-refractivity contribution in [2.24, 2.45) is 0 Å². The fourth-order valence-corrected chi connectivity index (χ4v) is 4.44. The average molecular weight is 481 g/mol. The van der Waals surface area contributed by atoms with E-state index in [9.17, 15) is 19.5 Å². The normalized spacial score (nSPS) is 13.8. The van der Waals surface area contributed by atoms with Crippen LogP contribution in [-0.4, -0.2) is 77.8 Å². The zero-order valence-corrected chi connectivity index (χ0v) is 19.4. The maximum atomic E-state index is 12.9. The third-order valence-electron chi connectivity index (χ3n) is 5.74. The fourth-order valence-electron chi connectivity index (χ4n) is 3.93. The number of carboxylic acid groups (broad SMARTS) is 1. The van der Waals surface area contributed by atoms with Gasteiger partial charge in [0, 0.05) is 51.1 Å². The minimum atomic E-state index is -1.31. The van der Waals surface area contributed by atoms with Gasteiger partial charge in [0.1, 0.15) is 17.7 Å². The Bertz CT molecular complexity index is 1480. The number of aromatic nitrogens is 6. The van der Waals surface area contributed by atoms with Crippen LogP contribution in [0.25, 0.3) is 16.2 Å². The summed E-state index contributed by atoms with van der Waals surface area (Å²) in [5, 5.41) is 14.5. The molecule has 174 valence electrons. The second-order valence-corrected chi connectivity index (χ2v) is 8.99. The molecule has 0 aliphatic carbocycles. The van der Waals surface area contributed by atoms with Crippen molar-refractivity contribution in [3.63, 3.8) is 0 Å². The van der Waals surface area contributed by atoms with Crippen molar-refractivity contribution in [1.82, 2.24) is 33.6 Å². The molecule has 1 fully saturated rings. The van der Waals surface area contributed by atoms with Crippen LogP contribution in [-0.2, 0) is 0 Å². The van der Waals surface area contributed by atoms with E-state index in [1.54, 1.807) is 44.2 Å². The molecule has 1 aliphatic rings. The molecule has 0 aromatic carbocycles. The molecule has 4 aromatic heterocycles. The Labute approximate surface area is 196 Å². The summed E-state index contributed by atoms with van der Waals surface area (Å²) in [6.07, 6.45) is 5.91. The van der Waals surface area contributed by atoms with Gasteiger partial charge in [-0.3, -0.25) is 18.8 Å². The van der Waals surface area contributed by atoms with E-state index in [4.69, 9.17) is 4.98 Å². The number of rotatable bonds is 5. The van der Waals surface area contributed by atoms with Gasteiger partial charge in [-0.05, 0) is 18.6 Å². The number of fused-ring (bicyclic) bond motifs is 1. The molecule has 12 nitrogen and oxygen atoms in total. The molecule has 34 heavy (non-hydrogen) atoms. The summed E-state index contributed by atoms with van der Waals surface area (Å²) >= 11 is 1.07. The summed E-state index contributed by atoms with van der Waals surface area (Å²) in [5.41, 5.74) is 0.524. The molecule has 1 N–H and O–H groups in total. The Balaban J connectivity index is 1.50. The van der Waals surface area contributed by atoms with E-state index in [2.05, 4.69) is 14.5 Å². The van der Waals surface area contributed by atoms with Crippen molar-refractivity contribution < 1.29 is 14.7 Å². The van der Waals surface area contributed by atoms with Gasteiger partial charge in [-0.1, -0.05) is 0 Å². The molecule has 0 bridgehead atoms. The number of carbonyl (C=O) groups excluding carboxylic acids is 1. The predicted molar refractivity (Wildman–Crippen MR) is 124 cm³/mol. The molecule has 0 radical (unpaired) electrons. The smallest absolute Gasteiger partial charge is 0.341 e. The number of aromatic carboxylic acids is 1. The van der Waals surface area contributed by atoms with E-state index >= 15 is 0 Å². The lowest BCUT2D eigenvalue weighted by Gasteiger charge is -2.40. The summed E-state index contributed by atoms with van der Waals surface area (Å²) in [6, 6.07) is 1.85. The number of carbonyl (C=O) groups is 2. The third-order valence-corrected chi connectivity index (χ3v) is 6.41. The lowest BCUT2D eigenvalue weighted by Crippen LogP contribution is -2.48. The first-order valence-corrected chi connectivity index (χ1v) is 11.1. The van der Waals surface area contributed by atoms with E-state index in [0.717, 1.165) is 11.5 Å². The van der Waals surface area contributed by atoms with Crippen molar-refractivity contribution in [2.75, 3.05) is 32.1 Å². The second-order valence-electron chi connectivity index (χ2n) is 8.23. The minimum Gasteiger partial charge on any atom is -0.477 e. The molecule has 1 saturated heterocycles. The highest BCUT2D eigenvalue weighted by Crippen LogP contribution is 2.30. The van der Waals surface area contributed by atoms with Crippen molar-refractivity contribution in [3.8, 4) is 5.13 Å². The highest BCUT2D eigenvalue weighted by Gasteiger charge is 2.31. The van der Waals surface area contributed by atoms with Gasteiger partial charge in [-0.15, -0.1) is 0 Å². The molecule has 13 heteroatoms. The number of amides is 1. The van der Waals surface area contributed by atoms with E-state index in [1.165, 1.54) is 22.0 Å². The molecule has 0 spiro atoms. The molecule has 0 saturated carbocycles. The van der Waals surface area contributed by atoms with Crippen LogP contribution in [0.5, 0.6) is 0 Å². The summed E-state index contributed by atoms with van der Waals surface area (Å²) in [7, 11) is 3.39. The number of nitrogens with zero attached hydrogens (tertiary/aromatic N) is 8. The zero-order chi connectivity index (χ0) is 24.1. The van der Waals surface area contributed by atoms with Crippen LogP contribution in [0.4, 0.5) is 5.82 Å². The highest BCUT2D eigenvalue weighted by atomic mass is 32.1. The molecular formula is C21H20N8O4S. The Morgan fingerprint density at radius 2 is 2.00 bits per heavy atom. The Kier molecular flexibility index (Phi) is 5.12. The molecule has 5 rings (SSSR count). The third kappa shape index (κ3) is 3.50. The monoisotopic (exact) mass is 480 g/mol. The number of hydrogen-bond acceptors (Lipinski definition) is 9. The summed E-state index contributed by atoms with van der Waals surface area (Å²) in [6.45, 7) is 2.99. The van der Waals surface area contributed by atoms with Gasteiger partial charge in [0.05, 0.1) is 23.2 Å². The lowest BCUT2D eigenvalue weighted by atomic mass is 10.1. The number of carboxylic acids is 1. The second kappa shape index (κ2) is 8.02. The van der Waals surface area contributed by atoms with Crippen molar-refractivity contribution in [2.45, 2.75) is 13.0 Å². The Morgan fingerprint density at radius 1 is 1.24 bits per heavy atom. The van der Waals surface area contributed by atoms with Gasteiger partial charge in [0.2, 0.25) is 10.6 Å². The summed E-state index contributed by atoms with van der Waals surface area (Å²) in [5.74, 6) is -0.770. The van der Waals surface area contributed by atoms with Crippen LogP contribution < -0.4 is 10.3 Å². The molecule has 0 unspecified atom stereocenters. The van der Waals surface area contributed by atoms with E-state index in [-0.39, 0.29) is 22.9 Å². The maximum Gasteiger partial charge on any atom is 0.341 e. The number of hydrogen-bond donors (Lipinski definition) is 1. The fraction of sp³-hybridized carbons (Fsp3) is 0.286. The van der Waals surface area contributed by atoms with Gasteiger partial charge in [0.25, 0.3) is 5.91 Å². The molecule has 4 aromatic rings. The standard InChI is InChI=1S/C21H20N8O4S/c1-11-4-15(27-7-13(8-27)29-6-12(5-23-29)19(31)26(2)3)25-18-16(11)17(30)14(20(32)33)9-28(18)21-22-10-24-34-21/h4-6,9-10,13H,7-8H2,1-3H3,(H,32,33). The molecule has 5 heterocycles. The summed E-state index contributed by atoms with van der Waals surface area (Å²) in [4.78, 5) is 49.1. The van der Waals surface area contributed by atoms with Gasteiger partial charge < -0.3 is 14.9 Å². The highest BCUT2D eigenvalue weighted by molar-refractivity contribution is 7.08. The average Bonchev–Trinajstić information content (AvgIpc) is 3.44. The largest absolute Gasteiger partial charge is 0.477 e. The van der Waals surface area contributed by atoms with Crippen molar-refractivity contribution in [3.05, 3.63) is 57.9 Å². The van der Waals surface area contributed by atoms with E-state index in [1.807, 2.05) is 4.90 Å². The van der Waals surface area contributed by atoms with Crippen molar-refractivity contribution >= 4 is 40.3 Å². The summed E-state index contributed by atoms with van der Waals surface area (Å²) < 4.78 is 7.26. The van der Waals surface area contributed by atoms with E-state index < -0.39 is 11.4 Å². The molecule has 0 atom stereocenters. The zero-order valence-electron chi connectivity index (χ0n) is 18.5. The van der Waals surface area contributed by atoms with Crippen LogP contribution in [0.3, 0.4) is 0 Å². The number of aryl methyl sites for hydroxylation is 1. The number of anilines is 1. The first-order chi connectivity index (χ1) is 16.2. The van der Waals surface area contributed by atoms with Crippen LogP contribution in [0.2, 0.25) is 0 Å². The van der Waals surface area contributed by atoms with Gasteiger partial charge in [-0.25, -0.2) is 14.8 Å². The van der Waals surface area contributed by atoms with Crippen LogP contribution in [0.1, 0.15) is 32.3 Å². The quantitative estimate of drug-likeness (QED) is 0.446. The molecule has 1 aliphatic heterocycles. The van der Waals surface area contributed by atoms with Gasteiger partial charge >= 0.3 is 5.97 Å². The van der Waals surface area contributed by atoms with Crippen molar-refractivity contribution in [1.29, 1.82) is 0 Å². The first kappa shape index (κ1) is 21.7. The lowest BCUT2D eigenvalue weighted by molar-refractivity contribution is 0.0694. The maximum absolute atomic E-state index is 12.9. The predicted octanol–water partition coefficient (Wildman–Crippen LogP) is 1.20. The van der Waals surface area contributed by atoms with Crippen LogP contribution >= 0.6 is 11.5 Å². The van der Waals surface area contributed by atoms with E-state index in [0.29, 0.717) is 40.8 Å². The van der Waals surface area contributed by atoms with Gasteiger partial charge in [0.15, 0.2) is 5.65 Å². The van der Waals surface area contributed by atoms with Crippen LogP contribution in [0.15, 0.2) is 35.8 Å². The molecular weight excluding hydrogens is 460 g/mol. The van der Waals surface area contributed by atoms with Crippen LogP contribution in [0, 0.1) is 6.92 Å². The topological polar surface area (TPSA) is 139 Å². The minimum absolute atomic E-state index is 0.0706. The molecule has 1 amide bonds. The SMILES string of the molecule is Cc1cc(N2CC(n3cc(C(=O)N(C)C)cn3)C2)nc2c1c(=O)c(C(=O)O)cn2-c1ncns1. The number of pyridine rings is 2. The Hall–Kier alpha value is -4.13. The Morgan fingerprint density at radius 3 is 2.65 bits per heavy atom. The van der Waals surface area contributed by atoms with Gasteiger partial charge in [-0.2, -0.15) is 9.47 Å².